The van der Waals surface area contributed by atoms with Crippen molar-refractivity contribution in [2.24, 2.45) is 47.9 Å². The summed E-state index contributed by atoms with van der Waals surface area (Å²) in [4.78, 5) is 44.0. The number of sulfone groups is 2. The van der Waals surface area contributed by atoms with Gasteiger partial charge in [-0.1, -0.05) is 191 Å². The van der Waals surface area contributed by atoms with Gasteiger partial charge in [-0.05, 0) is 49.2 Å². The van der Waals surface area contributed by atoms with Gasteiger partial charge in [0.25, 0.3) is 0 Å². The van der Waals surface area contributed by atoms with Crippen LogP contribution in [-0.4, -0.2) is 85.0 Å². The van der Waals surface area contributed by atoms with E-state index in [1.54, 1.807) is 41.5 Å². The first-order valence-electron chi connectivity index (χ1n) is 22.9. The number of carbonyl (C=O) groups excluding carboxylic acids is 4. The van der Waals surface area contributed by atoms with E-state index in [-0.39, 0.29) is 63.2 Å². The molecular weight excluding hydrogens is 921 g/mol. The summed E-state index contributed by atoms with van der Waals surface area (Å²) in [5, 5.41) is 14.9. The Balaban J connectivity index is -0.000000163. The van der Waals surface area contributed by atoms with E-state index in [1.165, 1.54) is 18.0 Å². The van der Waals surface area contributed by atoms with Gasteiger partial charge in [-0.3, -0.25) is 19.2 Å². The Morgan fingerprint density at radius 1 is 0.676 bits per heavy atom. The number of thioether (sulfide) groups is 1. The minimum Gasteiger partial charge on any atom is -0.361 e. The van der Waals surface area contributed by atoms with Gasteiger partial charge >= 0.3 is 0 Å². The third-order valence-corrected chi connectivity index (χ3v) is 12.5. The number of ketones is 3. The molecule has 3 heterocycles. The quantitative estimate of drug-likeness (QED) is 0.261. The highest BCUT2D eigenvalue weighted by Gasteiger charge is 2.39. The minimum atomic E-state index is -3.16. The van der Waals surface area contributed by atoms with Crippen molar-refractivity contribution in [3.05, 3.63) is 17.5 Å². The van der Waals surface area contributed by atoms with Gasteiger partial charge in [-0.15, -0.1) is 5.10 Å². The molecule has 0 spiro atoms. The molecule has 0 aromatic carbocycles. The molecule has 2 aliphatic heterocycles. The van der Waals surface area contributed by atoms with Crippen LogP contribution >= 0.6 is 11.8 Å². The third kappa shape index (κ3) is 48.4. The van der Waals surface area contributed by atoms with Gasteiger partial charge in [0.2, 0.25) is 0 Å². The summed E-state index contributed by atoms with van der Waals surface area (Å²) < 4.78 is 47.1. The summed E-state index contributed by atoms with van der Waals surface area (Å²) in [5.41, 5.74) is 2.49. The number of Topliss-reactive ketones (excluding diaryl/α,β-unsaturated/α-hetero) is 3. The maximum atomic E-state index is 11.2. The minimum absolute atomic E-state index is 0. The van der Waals surface area contributed by atoms with Crippen LogP contribution < -0.4 is 0 Å². The van der Waals surface area contributed by atoms with Crippen LogP contribution in [0.1, 0.15) is 219 Å². The summed E-state index contributed by atoms with van der Waals surface area (Å²) in [5.74, 6) is 0.784. The number of rotatable bonds is 3. The fourth-order valence-electron chi connectivity index (χ4n) is 3.44. The maximum absolute atomic E-state index is 11.2. The number of hydrogen-bond acceptors (Lipinski definition) is 14. The van der Waals surface area contributed by atoms with Crippen LogP contribution in [0.4, 0.5) is 0 Å². The molecule has 0 N–H and O–H groups in total. The van der Waals surface area contributed by atoms with E-state index >= 15 is 0 Å². The van der Waals surface area contributed by atoms with Crippen molar-refractivity contribution in [3.63, 3.8) is 0 Å². The zero-order valence-corrected chi connectivity index (χ0v) is 50.6. The molecule has 404 valence electrons. The number of hydrogen-bond donors (Lipinski definition) is 0. The van der Waals surface area contributed by atoms with E-state index in [4.69, 9.17) is 4.52 Å². The van der Waals surface area contributed by atoms with E-state index < -0.39 is 29.8 Å². The summed E-state index contributed by atoms with van der Waals surface area (Å²) in [7, 11) is -6.00. The predicted molar refractivity (Wildman–Crippen MR) is 293 cm³/mol. The van der Waals surface area contributed by atoms with Crippen molar-refractivity contribution in [3.8, 4) is 0 Å². The molecule has 1 aromatic rings. The lowest BCUT2D eigenvalue weighted by molar-refractivity contribution is -0.126. The van der Waals surface area contributed by atoms with Crippen LogP contribution in [0.15, 0.2) is 26.0 Å². The second kappa shape index (κ2) is 30.3. The number of aryl methyl sites for hydroxylation is 1. The Bertz CT molecular complexity index is 1920. The molecule has 0 saturated carbocycles. The smallest absolute Gasteiger partial charge is 0.197 e. The number of carbonyl (C=O) groups is 4. The van der Waals surface area contributed by atoms with E-state index in [1.807, 2.05) is 61.5 Å². The van der Waals surface area contributed by atoms with Gasteiger partial charge in [0, 0.05) is 46.7 Å². The van der Waals surface area contributed by atoms with Crippen molar-refractivity contribution in [1.29, 1.82) is 0 Å². The molecule has 1 fully saturated rings. The maximum Gasteiger partial charge on any atom is 0.197 e. The third-order valence-electron chi connectivity index (χ3n) is 7.83. The molecule has 1 saturated heterocycles. The van der Waals surface area contributed by atoms with Gasteiger partial charge in [0.05, 0.1) is 27.8 Å². The Morgan fingerprint density at radius 3 is 1.15 bits per heavy atom. The molecule has 0 aliphatic carbocycles. The number of aromatic nitrogens is 1. The molecule has 13 nitrogen and oxygen atoms in total. The average Bonchev–Trinajstić information content (AvgIpc) is 3.79. The van der Waals surface area contributed by atoms with Crippen LogP contribution in [0.25, 0.3) is 0 Å². The lowest BCUT2D eigenvalue weighted by Crippen LogP contribution is -2.27. The summed E-state index contributed by atoms with van der Waals surface area (Å²) >= 11 is 1.19. The zero-order valence-electron chi connectivity index (χ0n) is 48.2. The first-order chi connectivity index (χ1) is 28.9. The topological polar surface area (TPSA) is 200 Å². The fraction of sp³-hybridized carbons (Fsp3) is 0.846. The highest BCUT2D eigenvalue weighted by Crippen LogP contribution is 2.37. The highest BCUT2D eigenvalue weighted by molar-refractivity contribution is 8.15. The van der Waals surface area contributed by atoms with Crippen molar-refractivity contribution >= 4 is 59.6 Å². The van der Waals surface area contributed by atoms with E-state index in [0.717, 1.165) is 23.4 Å². The normalized spacial score (nSPS) is 15.3. The lowest BCUT2D eigenvalue weighted by atomic mass is 9.89. The van der Waals surface area contributed by atoms with E-state index in [0.29, 0.717) is 29.6 Å². The highest BCUT2D eigenvalue weighted by atomic mass is 32.2. The van der Waals surface area contributed by atoms with Crippen molar-refractivity contribution in [2.45, 2.75) is 230 Å². The molecule has 0 bridgehead atoms. The van der Waals surface area contributed by atoms with Gasteiger partial charge in [0.1, 0.15) is 23.8 Å². The summed E-state index contributed by atoms with van der Waals surface area (Å²) in [6, 6.07) is 1.97. The monoisotopic (exact) mass is 1020 g/mol. The number of nitrogens with zero attached hydrogens (tertiary/aromatic N) is 4. The largest absolute Gasteiger partial charge is 0.361 e. The molecule has 1 aromatic heterocycles. The summed E-state index contributed by atoms with van der Waals surface area (Å²) in [6.07, 6.45) is 3.10. The van der Waals surface area contributed by atoms with Gasteiger partial charge in [0.15, 0.2) is 36.4 Å². The van der Waals surface area contributed by atoms with Crippen molar-refractivity contribution in [1.82, 2.24) is 5.16 Å². The molecule has 1 unspecified atom stereocenters. The van der Waals surface area contributed by atoms with Crippen molar-refractivity contribution in [2.75, 3.05) is 24.8 Å². The SMILES string of the molecule is C.CC(C)(C)C.CC(C)(C)C.CC(C)(C)C(=O)CS(C)(=O)=O.CC(C)(C)C1=NN=NC1.CC(C)(C)C1SC(=O)CC1=O.CC(C)(C)S(C)(=O)=O.CCC(=O)C(C)(C)C.Cc1cc(C(C)(C)C)on1. The van der Waals surface area contributed by atoms with Crippen LogP contribution in [0, 0.1) is 39.4 Å². The Hall–Kier alpha value is -2.59. The van der Waals surface area contributed by atoms with Crippen molar-refractivity contribution < 1.29 is 40.5 Å². The Morgan fingerprint density at radius 2 is 1.04 bits per heavy atom. The molecule has 3 rings (SSSR count). The fourth-order valence-corrected chi connectivity index (χ4v) is 5.40. The Kier molecular flexibility index (Phi) is 34.3. The molecule has 16 heteroatoms. The first-order valence-corrected chi connectivity index (χ1v) is 27.7. The standard InChI is InChI=1S/C8H13NO.C8H12O2S.C7H14O3S.C7H14O.C6H11N3.C5H12O2S.2C5H12.CH4/c1-6-5-7(10-9-6)8(2,3)4;1-8(2,3)7-5(9)4-6(10)11-7;1-7(2,3)6(8)5-11(4,9)10;1-5-6(8)7(2,3)4;1-6(2,3)5-4-7-9-8-5;1-5(2,3)8(4,6)7;2*1-5(2,3)4;/h5H,1-4H3;7H,4H2,1-3H3;5H2,1-4H3;5H2,1-4H3;4H2,1-3H3;1-4H3;2*1-4H3;1H4. The second-order valence-electron chi connectivity index (χ2n) is 26.3. The molecule has 2 aliphatic rings. The molecule has 68 heavy (non-hydrogen) atoms. The van der Waals surface area contributed by atoms with Crippen LogP contribution in [0.3, 0.4) is 0 Å². The molecule has 0 amide bonds. The zero-order chi connectivity index (χ0) is 55.4. The van der Waals surface area contributed by atoms with Gasteiger partial charge < -0.3 is 4.52 Å². The second-order valence-corrected chi connectivity index (χ2v) is 32.4. The van der Waals surface area contributed by atoms with Crippen LogP contribution in [-0.2, 0) is 44.3 Å². The summed E-state index contributed by atoms with van der Waals surface area (Å²) in [6.45, 7) is 56.6. The Labute approximate surface area is 423 Å². The molecule has 0 radical (unpaired) electrons. The molecular formula is C52H104N4O9S3. The van der Waals surface area contributed by atoms with Gasteiger partial charge in [-0.25, -0.2) is 16.8 Å². The van der Waals surface area contributed by atoms with E-state index in [9.17, 15) is 36.0 Å². The lowest BCUT2D eigenvalue weighted by Gasteiger charge is -2.23. The van der Waals surface area contributed by atoms with Gasteiger partial charge in [-0.2, -0.15) is 5.11 Å². The van der Waals surface area contributed by atoms with E-state index in [2.05, 4.69) is 118 Å². The average molecular weight is 1030 g/mol. The predicted octanol–water partition coefficient (Wildman–Crippen LogP) is 14.0. The molecule has 1 atom stereocenters. The van der Waals surface area contributed by atoms with Crippen LogP contribution in [0.5, 0.6) is 0 Å². The van der Waals surface area contributed by atoms with Crippen LogP contribution in [0.2, 0.25) is 0 Å². The first kappa shape index (κ1) is 76.9.